The van der Waals surface area contributed by atoms with Gasteiger partial charge in [-0.1, -0.05) is 64.8 Å². The van der Waals surface area contributed by atoms with Crippen LogP contribution in [-0.2, 0) is 14.4 Å². The van der Waals surface area contributed by atoms with E-state index in [0.717, 1.165) is 30.6 Å². The zero-order valence-corrected chi connectivity index (χ0v) is 26.6. The third-order valence-corrected chi connectivity index (χ3v) is 8.96. The van der Waals surface area contributed by atoms with Gasteiger partial charge in [0.2, 0.25) is 11.8 Å². The fourth-order valence-electron chi connectivity index (χ4n) is 5.97. The summed E-state index contributed by atoms with van der Waals surface area (Å²) < 4.78 is 0. The van der Waals surface area contributed by atoms with Gasteiger partial charge in [0.05, 0.1) is 30.3 Å². The summed E-state index contributed by atoms with van der Waals surface area (Å²) in [5, 5.41) is 17.9. The summed E-state index contributed by atoms with van der Waals surface area (Å²) >= 11 is 0. The molecular formula is C33H45N5O7. The van der Waals surface area contributed by atoms with E-state index in [1.165, 1.54) is 4.90 Å². The van der Waals surface area contributed by atoms with E-state index in [9.17, 15) is 33.9 Å². The van der Waals surface area contributed by atoms with Crippen LogP contribution in [0.15, 0.2) is 36.4 Å². The van der Waals surface area contributed by atoms with Crippen molar-refractivity contribution in [3.63, 3.8) is 0 Å². The lowest BCUT2D eigenvalue weighted by atomic mass is 9.86. The van der Waals surface area contributed by atoms with Crippen molar-refractivity contribution in [3.05, 3.63) is 47.5 Å². The third kappa shape index (κ3) is 7.54. The highest BCUT2D eigenvalue weighted by Gasteiger charge is 2.61. The van der Waals surface area contributed by atoms with Gasteiger partial charge >= 0.3 is 12.0 Å². The summed E-state index contributed by atoms with van der Waals surface area (Å²) in [7, 11) is 0. The quantitative estimate of drug-likeness (QED) is 0.149. The molecule has 12 nitrogen and oxygen atoms in total. The number of carboxylic acid groups (broad SMARTS) is 1. The van der Waals surface area contributed by atoms with Gasteiger partial charge in [-0.05, 0) is 49.7 Å². The number of benzene rings is 1. The highest BCUT2D eigenvalue weighted by molar-refractivity contribution is 6.21. The molecule has 1 saturated heterocycles. The first-order valence-electron chi connectivity index (χ1n) is 15.8. The molecule has 1 aliphatic carbocycles. The molecule has 3 aliphatic rings. The number of allylic oxidation sites excluding steroid dienone is 1. The van der Waals surface area contributed by atoms with Crippen LogP contribution in [0.4, 0.5) is 4.79 Å². The molecule has 0 radical (unpaired) electrons. The highest BCUT2D eigenvalue weighted by atomic mass is 16.4. The molecule has 0 aromatic heterocycles. The Morgan fingerprint density at radius 2 is 1.76 bits per heavy atom. The minimum Gasteiger partial charge on any atom is -0.479 e. The zero-order valence-electron chi connectivity index (χ0n) is 26.6. The second-order valence-electron chi connectivity index (χ2n) is 13.3. The maximum Gasteiger partial charge on any atom is 0.330 e. The number of imide groups is 1. The van der Waals surface area contributed by atoms with E-state index in [1.807, 2.05) is 32.9 Å². The SMILES string of the molecule is CCCCC/C=C\C1C[C@]1(NC(=O)[C@@H]1CCCN1C(=O)CNC(=O)NC(CN1C(=O)c2ccccc2C1=O)C(C)(C)C)C(=O)O. The van der Waals surface area contributed by atoms with Gasteiger partial charge in [0, 0.05) is 12.5 Å². The normalized spacial score (nSPS) is 23.2. The number of nitrogens with zero attached hydrogens (tertiary/aromatic N) is 2. The Bertz CT molecular complexity index is 1330. The molecule has 4 atom stereocenters. The number of unbranched alkanes of at least 4 members (excludes halogenated alkanes) is 3. The lowest BCUT2D eigenvalue weighted by Crippen LogP contribution is -2.56. The van der Waals surface area contributed by atoms with Crippen molar-refractivity contribution in [2.45, 2.75) is 90.3 Å². The number of carbonyl (C=O) groups is 6. The van der Waals surface area contributed by atoms with Crippen LogP contribution in [0.1, 0.15) is 93.4 Å². The molecule has 12 heteroatoms. The van der Waals surface area contributed by atoms with E-state index < -0.39 is 58.7 Å². The van der Waals surface area contributed by atoms with Gasteiger partial charge in [0.15, 0.2) is 0 Å². The smallest absolute Gasteiger partial charge is 0.330 e. The van der Waals surface area contributed by atoms with Gasteiger partial charge in [-0.2, -0.15) is 0 Å². The summed E-state index contributed by atoms with van der Waals surface area (Å²) in [6, 6.07) is 4.45. The maximum atomic E-state index is 13.2. The average Bonchev–Trinajstić information content (AvgIpc) is 3.35. The number of aliphatic carboxylic acids is 1. The Kier molecular flexibility index (Phi) is 10.3. The first kappa shape index (κ1) is 33.7. The van der Waals surface area contributed by atoms with E-state index in [4.69, 9.17) is 0 Å². The van der Waals surface area contributed by atoms with Crippen molar-refractivity contribution in [2.24, 2.45) is 11.3 Å². The van der Waals surface area contributed by atoms with E-state index in [-0.39, 0.29) is 19.0 Å². The number of hydrogen-bond acceptors (Lipinski definition) is 6. The van der Waals surface area contributed by atoms with Crippen LogP contribution in [0, 0.1) is 11.3 Å². The summed E-state index contributed by atoms with van der Waals surface area (Å²) in [6.45, 7) is 7.59. The molecule has 4 N–H and O–H groups in total. The van der Waals surface area contributed by atoms with Crippen LogP contribution < -0.4 is 16.0 Å². The number of likely N-dealkylation sites (tertiary alicyclic amines) is 1. The van der Waals surface area contributed by atoms with Gasteiger partial charge < -0.3 is 26.0 Å². The number of urea groups is 1. The lowest BCUT2D eigenvalue weighted by Gasteiger charge is -2.34. The van der Waals surface area contributed by atoms with Gasteiger partial charge in [-0.3, -0.25) is 24.1 Å². The molecule has 1 aromatic carbocycles. The number of carboxylic acids is 1. The Morgan fingerprint density at radius 3 is 2.36 bits per heavy atom. The lowest BCUT2D eigenvalue weighted by molar-refractivity contribution is -0.145. The maximum absolute atomic E-state index is 13.2. The minimum atomic E-state index is -1.37. The number of amides is 6. The number of fused-ring (bicyclic) bond motifs is 1. The number of nitrogens with one attached hydrogen (secondary N) is 3. The molecule has 2 unspecified atom stereocenters. The molecule has 2 heterocycles. The predicted molar refractivity (Wildman–Crippen MR) is 166 cm³/mol. The molecule has 0 bridgehead atoms. The average molecular weight is 624 g/mol. The summed E-state index contributed by atoms with van der Waals surface area (Å²) in [4.78, 5) is 79.6. The van der Waals surface area contributed by atoms with Gasteiger partial charge in [0.25, 0.3) is 11.8 Å². The van der Waals surface area contributed by atoms with Crippen LogP contribution >= 0.6 is 0 Å². The van der Waals surface area contributed by atoms with Gasteiger partial charge in [0.1, 0.15) is 11.6 Å². The standard InChI is InChI=1S/C33H45N5O7/c1-5-6-7-8-9-13-21-18-33(21,30(43)44)36-27(40)24-16-12-17-37(24)26(39)19-34-31(45)35-25(32(2,3)4)20-38-28(41)22-14-10-11-15-23(22)29(38)42/h9-11,13-15,21,24-25H,5-8,12,16-20H2,1-4H3,(H,36,40)(H,43,44)(H2,34,35,45)/b13-9-/t21?,24-,25?,33+/m0/s1. The predicted octanol–water partition coefficient (Wildman–Crippen LogP) is 3.08. The second kappa shape index (κ2) is 13.8. The fourth-order valence-corrected chi connectivity index (χ4v) is 5.97. The summed E-state index contributed by atoms with van der Waals surface area (Å²) in [5.74, 6) is -3.22. The van der Waals surface area contributed by atoms with Crippen molar-refractivity contribution in [2.75, 3.05) is 19.6 Å². The Morgan fingerprint density at radius 1 is 1.09 bits per heavy atom. The van der Waals surface area contributed by atoms with Crippen LogP contribution in [-0.4, -0.2) is 87.8 Å². The van der Waals surface area contributed by atoms with Gasteiger partial charge in [-0.25, -0.2) is 9.59 Å². The fraction of sp³-hybridized carbons (Fsp3) is 0.576. The molecule has 2 aliphatic heterocycles. The third-order valence-electron chi connectivity index (χ3n) is 8.96. The van der Waals surface area contributed by atoms with E-state index >= 15 is 0 Å². The van der Waals surface area contributed by atoms with Crippen LogP contribution in [0.5, 0.6) is 0 Å². The first-order chi connectivity index (χ1) is 21.3. The van der Waals surface area contributed by atoms with E-state index in [1.54, 1.807) is 24.3 Å². The summed E-state index contributed by atoms with van der Waals surface area (Å²) in [6.07, 6.45) is 9.19. The van der Waals surface area contributed by atoms with Gasteiger partial charge in [-0.15, -0.1) is 0 Å². The Hall–Kier alpha value is -4.22. The monoisotopic (exact) mass is 623 g/mol. The van der Waals surface area contributed by atoms with Crippen LogP contribution in [0.25, 0.3) is 0 Å². The molecule has 1 aromatic rings. The largest absolute Gasteiger partial charge is 0.479 e. The number of hydrogen-bond donors (Lipinski definition) is 4. The van der Waals surface area contributed by atoms with E-state index in [2.05, 4.69) is 22.9 Å². The molecule has 0 spiro atoms. The zero-order chi connectivity index (χ0) is 32.9. The van der Waals surface area contributed by atoms with Crippen molar-refractivity contribution in [3.8, 4) is 0 Å². The molecule has 45 heavy (non-hydrogen) atoms. The number of carbonyl (C=O) groups excluding carboxylic acids is 5. The van der Waals surface area contributed by atoms with Crippen molar-refractivity contribution < 1.29 is 33.9 Å². The Balaban J connectivity index is 1.31. The molecular weight excluding hydrogens is 578 g/mol. The van der Waals surface area contributed by atoms with Crippen molar-refractivity contribution in [1.29, 1.82) is 0 Å². The summed E-state index contributed by atoms with van der Waals surface area (Å²) in [5.41, 5.74) is -1.27. The van der Waals surface area contributed by atoms with Crippen LogP contribution in [0.2, 0.25) is 0 Å². The van der Waals surface area contributed by atoms with Crippen LogP contribution in [0.3, 0.4) is 0 Å². The first-order valence-corrected chi connectivity index (χ1v) is 15.8. The highest BCUT2D eigenvalue weighted by Crippen LogP contribution is 2.45. The topological polar surface area (TPSA) is 165 Å². The van der Waals surface area contributed by atoms with Crippen molar-refractivity contribution >= 4 is 35.6 Å². The van der Waals surface area contributed by atoms with E-state index in [0.29, 0.717) is 36.9 Å². The molecule has 6 amide bonds. The molecule has 4 rings (SSSR count). The molecule has 244 valence electrons. The molecule has 2 fully saturated rings. The Labute approximate surface area is 264 Å². The van der Waals surface area contributed by atoms with Crippen molar-refractivity contribution in [1.82, 2.24) is 25.8 Å². The molecule has 1 saturated carbocycles. The second-order valence-corrected chi connectivity index (χ2v) is 13.3. The minimum absolute atomic E-state index is 0.0498. The number of rotatable bonds is 13.